The predicted octanol–water partition coefficient (Wildman–Crippen LogP) is 5.74. The minimum atomic E-state index is -0.266. The molecule has 2 aromatic rings. The first-order valence-electron chi connectivity index (χ1n) is 11.3. The van der Waals surface area contributed by atoms with Gasteiger partial charge in [0.15, 0.2) is 0 Å². The fourth-order valence-corrected chi connectivity index (χ4v) is 6.66. The number of halogens is 1. The van der Waals surface area contributed by atoms with Crippen molar-refractivity contribution in [3.63, 3.8) is 0 Å². The molecule has 4 aliphatic carbocycles. The fraction of sp³-hybridized carbons (Fsp3) is 0.500. The van der Waals surface area contributed by atoms with Crippen LogP contribution in [0.4, 0.5) is 4.39 Å². The van der Waals surface area contributed by atoms with E-state index < -0.39 is 0 Å². The molecule has 0 aliphatic heterocycles. The third-order valence-corrected chi connectivity index (χ3v) is 7.79. The van der Waals surface area contributed by atoms with Crippen molar-refractivity contribution in [2.24, 2.45) is 23.2 Å². The van der Waals surface area contributed by atoms with Gasteiger partial charge in [-0.15, -0.1) is 0 Å². The molecular weight excluding hydrogens is 377 g/mol. The van der Waals surface area contributed by atoms with Crippen molar-refractivity contribution in [1.29, 1.82) is 0 Å². The fourth-order valence-electron chi connectivity index (χ4n) is 6.66. The zero-order valence-corrected chi connectivity index (χ0v) is 17.6. The minimum Gasteiger partial charge on any atom is -0.488 e. The molecule has 0 aromatic heterocycles. The zero-order valence-electron chi connectivity index (χ0n) is 17.6. The second kappa shape index (κ2) is 7.72. The highest BCUT2D eigenvalue weighted by atomic mass is 19.1. The summed E-state index contributed by atoms with van der Waals surface area (Å²) in [7, 11) is 0. The van der Waals surface area contributed by atoms with Crippen LogP contribution < -0.4 is 10.1 Å². The van der Waals surface area contributed by atoms with Crippen LogP contribution in [0, 0.1) is 29.0 Å². The Balaban J connectivity index is 1.28. The van der Waals surface area contributed by atoms with Crippen LogP contribution >= 0.6 is 0 Å². The molecule has 6 rings (SSSR count). The molecule has 4 fully saturated rings. The van der Waals surface area contributed by atoms with Gasteiger partial charge >= 0.3 is 0 Å². The Bertz CT molecular complexity index is 888. The van der Waals surface area contributed by atoms with Crippen LogP contribution in [0.25, 0.3) is 0 Å². The van der Waals surface area contributed by atoms with Gasteiger partial charge in [-0.3, -0.25) is 4.79 Å². The monoisotopic (exact) mass is 407 g/mol. The molecule has 4 saturated carbocycles. The second-order valence-corrected chi connectivity index (χ2v) is 9.89. The van der Waals surface area contributed by atoms with E-state index in [2.05, 4.69) is 12.2 Å². The number of carbonyl (C=O) groups is 1. The normalized spacial score (nSPS) is 30.1. The summed E-state index contributed by atoms with van der Waals surface area (Å²) in [4.78, 5) is 13.2. The molecule has 1 amide bonds. The van der Waals surface area contributed by atoms with E-state index >= 15 is 0 Å². The summed E-state index contributed by atoms with van der Waals surface area (Å²) in [5.74, 6) is 2.83. The molecule has 158 valence electrons. The van der Waals surface area contributed by atoms with Crippen LogP contribution in [-0.2, 0) is 6.61 Å². The number of rotatable bonds is 6. The van der Waals surface area contributed by atoms with Crippen LogP contribution in [0.2, 0.25) is 0 Å². The van der Waals surface area contributed by atoms with Crippen molar-refractivity contribution in [3.8, 4) is 5.75 Å². The van der Waals surface area contributed by atoms with Crippen molar-refractivity contribution in [2.75, 3.05) is 0 Å². The number of nitrogens with one attached hydrogen (secondary N) is 1. The van der Waals surface area contributed by atoms with E-state index in [1.807, 2.05) is 24.3 Å². The maximum absolute atomic E-state index is 13.2. The zero-order chi connectivity index (χ0) is 20.7. The topological polar surface area (TPSA) is 38.3 Å². The smallest absolute Gasteiger partial charge is 0.255 e. The number of ether oxygens (including phenoxy) is 1. The van der Waals surface area contributed by atoms with Gasteiger partial charge in [-0.1, -0.05) is 24.3 Å². The number of hydrogen-bond acceptors (Lipinski definition) is 2. The molecule has 1 unspecified atom stereocenters. The average Bonchev–Trinajstić information content (AvgIpc) is 2.72. The van der Waals surface area contributed by atoms with Gasteiger partial charge in [-0.05, 0) is 98.4 Å². The van der Waals surface area contributed by atoms with Crippen LogP contribution in [0.5, 0.6) is 5.75 Å². The van der Waals surface area contributed by atoms with Crippen molar-refractivity contribution < 1.29 is 13.9 Å². The molecule has 4 aliphatic rings. The molecule has 3 nitrogen and oxygen atoms in total. The third-order valence-electron chi connectivity index (χ3n) is 7.79. The number of amides is 1. The molecule has 4 heteroatoms. The summed E-state index contributed by atoms with van der Waals surface area (Å²) in [6.45, 7) is 2.50. The van der Waals surface area contributed by atoms with Gasteiger partial charge in [0, 0.05) is 6.04 Å². The van der Waals surface area contributed by atoms with E-state index in [1.165, 1.54) is 50.7 Å². The maximum Gasteiger partial charge on any atom is 0.255 e. The Morgan fingerprint density at radius 1 is 1.03 bits per heavy atom. The maximum atomic E-state index is 13.2. The molecule has 1 N–H and O–H groups in total. The van der Waals surface area contributed by atoms with Crippen molar-refractivity contribution in [3.05, 3.63) is 65.5 Å². The highest BCUT2D eigenvalue weighted by molar-refractivity contribution is 5.97. The summed E-state index contributed by atoms with van der Waals surface area (Å²) >= 11 is 0. The first-order chi connectivity index (χ1) is 14.5. The lowest BCUT2D eigenvalue weighted by atomic mass is 9.48. The van der Waals surface area contributed by atoms with Gasteiger partial charge in [-0.25, -0.2) is 4.39 Å². The van der Waals surface area contributed by atoms with Crippen LogP contribution in [0.3, 0.4) is 0 Å². The molecule has 0 spiro atoms. The van der Waals surface area contributed by atoms with Crippen LogP contribution in [-0.4, -0.2) is 11.9 Å². The summed E-state index contributed by atoms with van der Waals surface area (Å²) in [6, 6.07) is 13.8. The standard InChI is InChI=1S/C26H30FNO2/c1-17(26-13-19-10-20(14-26)12-21(11-19)15-26)28-25(29)23-4-2-3-5-24(23)30-16-18-6-8-22(27)9-7-18/h2-9,17,19-21H,10-16H2,1H3,(H,28,29). The SMILES string of the molecule is CC(NC(=O)c1ccccc1OCc1ccc(F)cc1)C12CC3CC(CC(C3)C1)C2. The lowest BCUT2D eigenvalue weighted by Crippen LogP contribution is -2.55. The van der Waals surface area contributed by atoms with Gasteiger partial charge in [0.25, 0.3) is 5.91 Å². The predicted molar refractivity (Wildman–Crippen MR) is 115 cm³/mol. The molecule has 0 saturated heterocycles. The largest absolute Gasteiger partial charge is 0.488 e. The van der Waals surface area contributed by atoms with Crippen molar-refractivity contribution >= 4 is 5.91 Å². The van der Waals surface area contributed by atoms with E-state index in [4.69, 9.17) is 4.74 Å². The summed E-state index contributed by atoms with van der Waals surface area (Å²) < 4.78 is 19.0. The lowest BCUT2D eigenvalue weighted by molar-refractivity contribution is -0.0688. The Kier molecular flexibility index (Phi) is 5.04. The van der Waals surface area contributed by atoms with E-state index in [9.17, 15) is 9.18 Å². The van der Waals surface area contributed by atoms with Crippen LogP contribution in [0.15, 0.2) is 48.5 Å². The minimum absolute atomic E-state index is 0.0621. The quantitative estimate of drug-likeness (QED) is 0.663. The van der Waals surface area contributed by atoms with Gasteiger partial charge in [0.2, 0.25) is 0 Å². The van der Waals surface area contributed by atoms with Gasteiger partial charge in [0.1, 0.15) is 18.2 Å². The molecule has 1 atom stereocenters. The summed E-state index contributed by atoms with van der Waals surface area (Å²) in [5.41, 5.74) is 1.71. The Morgan fingerprint density at radius 3 is 2.27 bits per heavy atom. The average molecular weight is 408 g/mol. The number of hydrogen-bond donors (Lipinski definition) is 1. The van der Waals surface area contributed by atoms with Crippen molar-refractivity contribution in [1.82, 2.24) is 5.32 Å². The Labute approximate surface area is 178 Å². The molecule has 2 aromatic carbocycles. The second-order valence-electron chi connectivity index (χ2n) is 9.89. The van der Waals surface area contributed by atoms with E-state index in [-0.39, 0.29) is 23.2 Å². The molecule has 0 radical (unpaired) electrons. The van der Waals surface area contributed by atoms with E-state index in [0.717, 1.165) is 23.3 Å². The van der Waals surface area contributed by atoms with E-state index in [0.29, 0.717) is 17.9 Å². The van der Waals surface area contributed by atoms with E-state index in [1.54, 1.807) is 12.1 Å². The third kappa shape index (κ3) is 3.73. The van der Waals surface area contributed by atoms with Crippen LogP contribution in [0.1, 0.15) is 61.4 Å². The highest BCUT2D eigenvalue weighted by Gasteiger charge is 2.53. The van der Waals surface area contributed by atoms with Gasteiger partial charge < -0.3 is 10.1 Å². The number of carbonyl (C=O) groups excluding carboxylic acids is 1. The number of para-hydroxylation sites is 1. The Morgan fingerprint density at radius 2 is 1.63 bits per heavy atom. The van der Waals surface area contributed by atoms with Gasteiger partial charge in [0.05, 0.1) is 5.56 Å². The first-order valence-corrected chi connectivity index (χ1v) is 11.3. The molecule has 4 bridgehead atoms. The first kappa shape index (κ1) is 19.6. The molecule has 0 heterocycles. The highest BCUT2D eigenvalue weighted by Crippen LogP contribution is 2.61. The molecular formula is C26H30FNO2. The molecule has 30 heavy (non-hydrogen) atoms. The number of benzene rings is 2. The van der Waals surface area contributed by atoms with Gasteiger partial charge in [-0.2, -0.15) is 0 Å². The summed E-state index contributed by atoms with van der Waals surface area (Å²) in [5, 5.41) is 3.33. The summed E-state index contributed by atoms with van der Waals surface area (Å²) in [6.07, 6.45) is 8.01. The Hall–Kier alpha value is -2.36. The lowest BCUT2D eigenvalue weighted by Gasteiger charge is -2.59. The van der Waals surface area contributed by atoms with Crippen molar-refractivity contribution in [2.45, 2.75) is 58.1 Å².